The van der Waals surface area contributed by atoms with Crippen molar-refractivity contribution in [1.82, 2.24) is 9.97 Å². The second-order valence-electron chi connectivity index (χ2n) is 4.26. The monoisotopic (exact) mass is 317 g/mol. The summed E-state index contributed by atoms with van der Waals surface area (Å²) in [6.07, 6.45) is 3.43. The maximum Gasteiger partial charge on any atom is 0.255 e. The molecule has 3 aromatic rings. The first-order valence-corrected chi connectivity index (χ1v) is 8.14. The molecule has 0 bridgehead atoms. The van der Waals surface area contributed by atoms with Crippen molar-refractivity contribution in [2.45, 2.75) is 4.34 Å². The zero-order valence-corrected chi connectivity index (χ0v) is 12.7. The summed E-state index contributed by atoms with van der Waals surface area (Å²) in [5.41, 5.74) is 1.63. The first-order valence-electron chi connectivity index (χ1n) is 6.10. The highest BCUT2D eigenvalue weighted by Gasteiger charge is 2.08. The molecule has 2 N–H and O–H groups in total. The third kappa shape index (κ3) is 2.98. The Morgan fingerprint density at radius 1 is 1.33 bits per heavy atom. The largest absolute Gasteiger partial charge is 0.329 e. The van der Waals surface area contributed by atoms with Crippen molar-refractivity contribution in [3.8, 4) is 0 Å². The fourth-order valence-corrected chi connectivity index (χ4v) is 3.39. The van der Waals surface area contributed by atoms with Crippen molar-refractivity contribution in [2.24, 2.45) is 0 Å². The normalized spacial score (nSPS) is 10.7. The number of hydrogen-bond donors (Lipinski definition) is 2. The lowest BCUT2D eigenvalue weighted by Gasteiger charge is -2.04. The van der Waals surface area contributed by atoms with Gasteiger partial charge in [0.2, 0.25) is 5.56 Å². The Balaban J connectivity index is 1.87. The molecule has 0 spiro atoms. The average molecular weight is 317 g/mol. The van der Waals surface area contributed by atoms with Crippen LogP contribution in [0.2, 0.25) is 0 Å². The molecule has 21 heavy (non-hydrogen) atoms. The third-order valence-corrected chi connectivity index (χ3v) is 4.84. The highest BCUT2D eigenvalue weighted by atomic mass is 32.2. The molecular weight excluding hydrogens is 306 g/mol. The lowest BCUT2D eigenvalue weighted by atomic mass is 10.2. The summed E-state index contributed by atoms with van der Waals surface area (Å²) < 4.78 is 2.01. The van der Waals surface area contributed by atoms with Crippen molar-refractivity contribution in [1.29, 1.82) is 0 Å². The number of rotatable bonds is 3. The molecule has 2 heterocycles. The quantitative estimate of drug-likeness (QED) is 0.728. The van der Waals surface area contributed by atoms with E-state index >= 15 is 0 Å². The van der Waals surface area contributed by atoms with Crippen LogP contribution < -0.4 is 10.9 Å². The molecule has 106 valence electrons. The molecular formula is C14H11N3O2S2. The number of thioether (sulfide) groups is 1. The van der Waals surface area contributed by atoms with E-state index in [2.05, 4.69) is 15.3 Å². The molecule has 0 saturated carbocycles. The number of H-pyrrole nitrogens is 1. The number of aromatic amines is 1. The molecule has 0 atom stereocenters. The number of thiazole rings is 1. The summed E-state index contributed by atoms with van der Waals surface area (Å²) in [6.45, 7) is 0. The van der Waals surface area contributed by atoms with Crippen LogP contribution in [-0.2, 0) is 0 Å². The lowest BCUT2D eigenvalue weighted by Crippen LogP contribution is -2.15. The topological polar surface area (TPSA) is 74.8 Å². The van der Waals surface area contributed by atoms with E-state index in [0.29, 0.717) is 11.3 Å². The molecule has 0 radical (unpaired) electrons. The highest BCUT2D eigenvalue weighted by Crippen LogP contribution is 2.30. The summed E-state index contributed by atoms with van der Waals surface area (Å²) in [4.78, 5) is 30.2. The molecule has 0 aliphatic rings. The van der Waals surface area contributed by atoms with E-state index in [9.17, 15) is 9.59 Å². The van der Waals surface area contributed by atoms with Gasteiger partial charge in [0.15, 0.2) is 4.34 Å². The zero-order valence-electron chi connectivity index (χ0n) is 11.0. The molecule has 0 aliphatic heterocycles. The number of anilines is 1. The molecule has 7 heteroatoms. The smallest absolute Gasteiger partial charge is 0.255 e. The van der Waals surface area contributed by atoms with Crippen LogP contribution in [0.1, 0.15) is 10.4 Å². The maximum absolute atomic E-state index is 12.1. The van der Waals surface area contributed by atoms with Gasteiger partial charge in [-0.2, -0.15) is 0 Å². The Kier molecular flexibility index (Phi) is 3.76. The fourth-order valence-electron chi connectivity index (χ4n) is 1.86. The zero-order chi connectivity index (χ0) is 14.8. The van der Waals surface area contributed by atoms with Crippen LogP contribution in [0.25, 0.3) is 10.2 Å². The SMILES string of the molecule is CSc1nc2ccc(NC(=O)c3cc[nH]c(=O)c3)cc2s1. The van der Waals surface area contributed by atoms with Gasteiger partial charge >= 0.3 is 0 Å². The molecule has 2 aromatic heterocycles. The van der Waals surface area contributed by atoms with E-state index in [-0.39, 0.29) is 11.5 Å². The van der Waals surface area contributed by atoms with Gasteiger partial charge in [0.1, 0.15) is 0 Å². The van der Waals surface area contributed by atoms with Crippen molar-refractivity contribution in [3.63, 3.8) is 0 Å². The summed E-state index contributed by atoms with van der Waals surface area (Å²) >= 11 is 3.18. The first kappa shape index (κ1) is 13.8. The van der Waals surface area contributed by atoms with E-state index < -0.39 is 0 Å². The Hall–Kier alpha value is -2.12. The number of aromatic nitrogens is 2. The number of amides is 1. The van der Waals surface area contributed by atoms with Gasteiger partial charge in [-0.1, -0.05) is 11.8 Å². The molecule has 0 unspecified atom stereocenters. The Bertz CT molecular complexity index is 870. The van der Waals surface area contributed by atoms with Crippen molar-refractivity contribution < 1.29 is 4.79 Å². The summed E-state index contributed by atoms with van der Waals surface area (Å²) in [5, 5.41) is 2.79. The second-order valence-corrected chi connectivity index (χ2v) is 6.35. The number of carbonyl (C=O) groups excluding carboxylic acids is 1. The minimum Gasteiger partial charge on any atom is -0.329 e. The van der Waals surface area contributed by atoms with Gasteiger partial charge in [-0.25, -0.2) is 4.98 Å². The minimum atomic E-state index is -0.310. The fraction of sp³-hybridized carbons (Fsp3) is 0.0714. The van der Waals surface area contributed by atoms with Crippen LogP contribution in [0.3, 0.4) is 0 Å². The van der Waals surface area contributed by atoms with E-state index in [1.807, 2.05) is 18.4 Å². The van der Waals surface area contributed by atoms with Crippen LogP contribution in [0.4, 0.5) is 5.69 Å². The Morgan fingerprint density at radius 3 is 2.95 bits per heavy atom. The Labute approximate surface area is 128 Å². The van der Waals surface area contributed by atoms with Gasteiger partial charge in [-0.3, -0.25) is 9.59 Å². The average Bonchev–Trinajstić information content (AvgIpc) is 2.89. The molecule has 1 aromatic carbocycles. The van der Waals surface area contributed by atoms with E-state index in [4.69, 9.17) is 0 Å². The summed E-state index contributed by atoms with van der Waals surface area (Å²) in [6, 6.07) is 8.40. The third-order valence-electron chi connectivity index (χ3n) is 2.84. The second kappa shape index (κ2) is 5.71. The maximum atomic E-state index is 12.1. The predicted molar refractivity (Wildman–Crippen MR) is 86.4 cm³/mol. The lowest BCUT2D eigenvalue weighted by molar-refractivity contribution is 0.102. The number of pyridine rings is 1. The first-order chi connectivity index (χ1) is 10.2. The minimum absolute atomic E-state index is 0.301. The number of benzene rings is 1. The molecule has 0 aliphatic carbocycles. The van der Waals surface area contributed by atoms with Crippen LogP contribution in [0, 0.1) is 0 Å². The molecule has 3 rings (SSSR count). The van der Waals surface area contributed by atoms with Crippen LogP contribution in [-0.4, -0.2) is 22.1 Å². The van der Waals surface area contributed by atoms with Crippen molar-refractivity contribution in [2.75, 3.05) is 11.6 Å². The standard InChI is InChI=1S/C14H11N3O2S2/c1-20-14-17-10-3-2-9(7-11(10)21-14)16-13(19)8-4-5-15-12(18)6-8/h2-7H,1H3,(H,15,18)(H,16,19). The number of fused-ring (bicyclic) bond motifs is 1. The van der Waals surface area contributed by atoms with Gasteiger partial charge in [0, 0.05) is 23.5 Å². The van der Waals surface area contributed by atoms with E-state index in [1.165, 1.54) is 12.3 Å². The van der Waals surface area contributed by atoms with E-state index in [0.717, 1.165) is 14.6 Å². The van der Waals surface area contributed by atoms with Gasteiger partial charge in [0.25, 0.3) is 5.91 Å². The summed E-state index contributed by atoms with van der Waals surface area (Å²) in [7, 11) is 0. The molecule has 1 amide bonds. The van der Waals surface area contributed by atoms with Gasteiger partial charge in [-0.15, -0.1) is 11.3 Å². The molecule has 0 saturated heterocycles. The van der Waals surface area contributed by atoms with Crippen molar-refractivity contribution >= 4 is 44.9 Å². The van der Waals surface area contributed by atoms with Gasteiger partial charge in [0.05, 0.1) is 10.2 Å². The predicted octanol–water partition coefficient (Wildman–Crippen LogP) is 2.96. The number of hydrogen-bond acceptors (Lipinski definition) is 5. The number of nitrogens with one attached hydrogen (secondary N) is 2. The molecule has 0 fully saturated rings. The van der Waals surface area contributed by atoms with Crippen LogP contribution >= 0.6 is 23.1 Å². The van der Waals surface area contributed by atoms with E-state index in [1.54, 1.807) is 35.2 Å². The van der Waals surface area contributed by atoms with Crippen LogP contribution in [0.15, 0.2) is 45.7 Å². The van der Waals surface area contributed by atoms with Gasteiger partial charge in [-0.05, 0) is 30.5 Å². The Morgan fingerprint density at radius 2 is 2.19 bits per heavy atom. The van der Waals surface area contributed by atoms with Gasteiger partial charge < -0.3 is 10.3 Å². The number of nitrogens with zero attached hydrogens (tertiary/aromatic N) is 1. The van der Waals surface area contributed by atoms with Crippen LogP contribution in [0.5, 0.6) is 0 Å². The number of carbonyl (C=O) groups is 1. The summed E-state index contributed by atoms with van der Waals surface area (Å²) in [5.74, 6) is -0.310. The molecule has 5 nitrogen and oxygen atoms in total. The highest BCUT2D eigenvalue weighted by molar-refractivity contribution is 8.00. The van der Waals surface area contributed by atoms with Crippen molar-refractivity contribution in [3.05, 3.63) is 52.4 Å².